The molecule has 0 amide bonds. The van der Waals surface area contributed by atoms with E-state index in [9.17, 15) is 14.2 Å². The van der Waals surface area contributed by atoms with Gasteiger partial charge in [0.2, 0.25) is 0 Å². The molecule has 1 aromatic rings. The first-order valence-corrected chi connectivity index (χ1v) is 8.38. The Kier molecular flexibility index (Phi) is 3.86. The van der Waals surface area contributed by atoms with Gasteiger partial charge in [0.15, 0.2) is 0 Å². The first kappa shape index (κ1) is 15.6. The standard InChI is InChI=1S/C12H18N3O6P/c1-7-5-15(12(17)13-11(7)16)10-4-8-9(20-10)6-19-22(18,21-8)14(2)3/h5,8-10H,4,6H2,1-3H3,(H,13,16,17)/t8-,9+,10+,22?/m0/s1. The normalized spacial score (nSPS) is 34.8. The van der Waals surface area contributed by atoms with Gasteiger partial charge in [0.25, 0.3) is 5.56 Å². The number of hydrogen-bond acceptors (Lipinski definition) is 6. The number of H-pyrrole nitrogens is 1. The van der Waals surface area contributed by atoms with Crippen LogP contribution in [0.4, 0.5) is 0 Å². The van der Waals surface area contributed by atoms with Gasteiger partial charge < -0.3 is 4.74 Å². The monoisotopic (exact) mass is 331 g/mol. The fourth-order valence-corrected chi connectivity index (χ4v) is 3.89. The van der Waals surface area contributed by atoms with Crippen molar-refractivity contribution in [1.29, 1.82) is 0 Å². The van der Waals surface area contributed by atoms with Crippen molar-refractivity contribution in [3.8, 4) is 0 Å². The molecule has 0 aliphatic carbocycles. The van der Waals surface area contributed by atoms with Crippen LogP contribution in [0.5, 0.6) is 0 Å². The summed E-state index contributed by atoms with van der Waals surface area (Å²) in [6.45, 7) is 1.74. The van der Waals surface area contributed by atoms with Gasteiger partial charge in [-0.15, -0.1) is 0 Å². The molecule has 2 fully saturated rings. The summed E-state index contributed by atoms with van der Waals surface area (Å²) in [5.74, 6) is 0. The summed E-state index contributed by atoms with van der Waals surface area (Å²) in [6, 6.07) is 0. The summed E-state index contributed by atoms with van der Waals surface area (Å²) in [7, 11) is -0.0640. The second-order valence-corrected chi connectivity index (χ2v) is 7.81. The minimum absolute atomic E-state index is 0.133. The molecule has 0 bridgehead atoms. The van der Waals surface area contributed by atoms with E-state index < -0.39 is 37.4 Å². The number of hydrogen-bond donors (Lipinski definition) is 1. The Hall–Kier alpha value is -1.25. The first-order chi connectivity index (χ1) is 10.3. The maximum Gasteiger partial charge on any atom is 0.408 e. The summed E-state index contributed by atoms with van der Waals surface area (Å²) < 4.78 is 31.7. The lowest BCUT2D eigenvalue weighted by atomic mass is 10.2. The molecule has 1 N–H and O–H groups in total. The van der Waals surface area contributed by atoms with Crippen LogP contribution < -0.4 is 11.2 Å². The van der Waals surface area contributed by atoms with Crippen LogP contribution >= 0.6 is 7.75 Å². The fourth-order valence-electron chi connectivity index (χ4n) is 2.51. The van der Waals surface area contributed by atoms with Gasteiger partial charge in [-0.2, -0.15) is 0 Å². The Labute approximate surface area is 126 Å². The summed E-state index contributed by atoms with van der Waals surface area (Å²) in [5, 5.41) is 0. The fraction of sp³-hybridized carbons (Fsp3) is 0.667. The second kappa shape index (κ2) is 5.43. The van der Waals surface area contributed by atoms with Gasteiger partial charge >= 0.3 is 13.4 Å². The van der Waals surface area contributed by atoms with Crippen LogP contribution in [-0.4, -0.2) is 47.1 Å². The molecule has 2 aliphatic rings. The molecule has 3 rings (SSSR count). The Morgan fingerprint density at radius 2 is 2.09 bits per heavy atom. The molecule has 2 saturated heterocycles. The Bertz CT molecular complexity index is 741. The van der Waals surface area contributed by atoms with Crippen molar-refractivity contribution < 1.29 is 18.3 Å². The molecule has 1 aromatic heterocycles. The first-order valence-electron chi connectivity index (χ1n) is 6.88. The smallest absolute Gasteiger partial charge is 0.349 e. The van der Waals surface area contributed by atoms with E-state index in [1.54, 1.807) is 21.0 Å². The van der Waals surface area contributed by atoms with Crippen LogP contribution in [0.25, 0.3) is 0 Å². The van der Waals surface area contributed by atoms with Crippen molar-refractivity contribution in [3.63, 3.8) is 0 Å². The molecule has 0 radical (unpaired) electrons. The topological polar surface area (TPSA) is 103 Å². The highest BCUT2D eigenvalue weighted by Crippen LogP contribution is 2.56. The van der Waals surface area contributed by atoms with Crippen molar-refractivity contribution in [3.05, 3.63) is 32.6 Å². The van der Waals surface area contributed by atoms with Crippen molar-refractivity contribution in [1.82, 2.24) is 14.2 Å². The van der Waals surface area contributed by atoms with Gasteiger partial charge in [0.05, 0.1) is 6.61 Å². The maximum atomic E-state index is 12.4. The van der Waals surface area contributed by atoms with E-state index in [-0.39, 0.29) is 6.61 Å². The number of aromatic nitrogens is 2. The molecule has 1 unspecified atom stereocenters. The molecule has 10 heteroatoms. The van der Waals surface area contributed by atoms with Crippen LogP contribution in [0.1, 0.15) is 18.2 Å². The molecule has 0 spiro atoms. The van der Waals surface area contributed by atoms with Crippen molar-refractivity contribution in [2.75, 3.05) is 20.7 Å². The summed E-state index contributed by atoms with van der Waals surface area (Å²) in [6.07, 6.45) is 0.403. The predicted molar refractivity (Wildman–Crippen MR) is 76.7 cm³/mol. The number of nitrogens with zero attached hydrogens (tertiary/aromatic N) is 2. The van der Waals surface area contributed by atoms with Crippen molar-refractivity contribution in [2.45, 2.75) is 31.8 Å². The van der Waals surface area contributed by atoms with E-state index in [4.69, 9.17) is 13.8 Å². The molecule has 0 aromatic carbocycles. The molecular weight excluding hydrogens is 313 g/mol. The number of nitrogens with one attached hydrogen (secondary N) is 1. The Morgan fingerprint density at radius 1 is 1.36 bits per heavy atom. The zero-order chi connectivity index (χ0) is 16.1. The van der Waals surface area contributed by atoms with Crippen molar-refractivity contribution >= 4 is 7.75 Å². The zero-order valence-corrected chi connectivity index (χ0v) is 13.4. The zero-order valence-electron chi connectivity index (χ0n) is 12.5. The van der Waals surface area contributed by atoms with E-state index >= 15 is 0 Å². The van der Waals surface area contributed by atoms with Gasteiger partial charge in [-0.1, -0.05) is 0 Å². The van der Waals surface area contributed by atoms with Crippen LogP contribution in [0, 0.1) is 6.92 Å². The van der Waals surface area contributed by atoms with E-state index in [1.165, 1.54) is 15.4 Å². The van der Waals surface area contributed by atoms with E-state index in [1.807, 2.05) is 0 Å². The van der Waals surface area contributed by atoms with Crippen LogP contribution in [0.3, 0.4) is 0 Å². The van der Waals surface area contributed by atoms with Crippen LogP contribution in [0.2, 0.25) is 0 Å². The molecule has 22 heavy (non-hydrogen) atoms. The molecule has 122 valence electrons. The molecule has 3 heterocycles. The van der Waals surface area contributed by atoms with Gasteiger partial charge in [-0.05, 0) is 21.0 Å². The van der Waals surface area contributed by atoms with Gasteiger partial charge in [0, 0.05) is 18.2 Å². The SMILES string of the molecule is Cc1cn([C@H]2C[C@@H]3OP(=O)(N(C)C)OC[C@H]3O2)c(=O)[nH]c1=O. The predicted octanol–water partition coefficient (Wildman–Crippen LogP) is 0.218. The quantitative estimate of drug-likeness (QED) is 0.773. The van der Waals surface area contributed by atoms with E-state index in [0.717, 1.165) is 0 Å². The molecule has 4 atom stereocenters. The lowest BCUT2D eigenvalue weighted by Gasteiger charge is -2.33. The number of rotatable bonds is 2. The van der Waals surface area contributed by atoms with Crippen LogP contribution in [-0.2, 0) is 18.3 Å². The Balaban J connectivity index is 1.84. The summed E-state index contributed by atoms with van der Waals surface area (Å²) in [4.78, 5) is 25.6. The van der Waals surface area contributed by atoms with Crippen molar-refractivity contribution in [2.24, 2.45) is 0 Å². The molecule has 2 aliphatic heterocycles. The van der Waals surface area contributed by atoms with Crippen LogP contribution in [0.15, 0.2) is 15.8 Å². The number of ether oxygens (including phenoxy) is 1. The number of aryl methyl sites for hydroxylation is 1. The largest absolute Gasteiger partial charge is 0.408 e. The number of aromatic amines is 1. The maximum absolute atomic E-state index is 12.4. The van der Waals surface area contributed by atoms with Gasteiger partial charge in [-0.25, -0.2) is 14.0 Å². The lowest BCUT2D eigenvalue weighted by molar-refractivity contribution is -0.0638. The Morgan fingerprint density at radius 3 is 2.77 bits per heavy atom. The number of fused-ring (bicyclic) bond motifs is 1. The highest BCUT2D eigenvalue weighted by molar-refractivity contribution is 7.51. The molecule has 0 saturated carbocycles. The van der Waals surface area contributed by atoms with Gasteiger partial charge in [-0.3, -0.25) is 23.4 Å². The minimum Gasteiger partial charge on any atom is -0.349 e. The summed E-state index contributed by atoms with van der Waals surface area (Å²) >= 11 is 0. The third kappa shape index (κ3) is 2.59. The lowest BCUT2D eigenvalue weighted by Crippen LogP contribution is -2.35. The van der Waals surface area contributed by atoms with E-state index in [2.05, 4.69) is 4.98 Å². The van der Waals surface area contributed by atoms with Gasteiger partial charge in [0.1, 0.15) is 18.4 Å². The van der Waals surface area contributed by atoms with E-state index in [0.29, 0.717) is 12.0 Å². The third-order valence-electron chi connectivity index (χ3n) is 3.80. The highest BCUT2D eigenvalue weighted by atomic mass is 31.2. The minimum atomic E-state index is -3.29. The highest BCUT2D eigenvalue weighted by Gasteiger charge is 2.48. The molecule has 9 nitrogen and oxygen atoms in total. The average molecular weight is 331 g/mol. The average Bonchev–Trinajstić information content (AvgIpc) is 2.85. The second-order valence-electron chi connectivity index (χ2n) is 5.60. The molecular formula is C12H18N3O6P. The summed E-state index contributed by atoms with van der Waals surface area (Å²) in [5.41, 5.74) is -0.557. The third-order valence-corrected chi connectivity index (χ3v) is 5.79.